The van der Waals surface area contributed by atoms with Gasteiger partial charge in [-0.3, -0.25) is 4.79 Å². The predicted molar refractivity (Wildman–Crippen MR) is 126 cm³/mol. The number of fused-ring (bicyclic) bond motifs is 1. The highest BCUT2D eigenvalue weighted by Crippen LogP contribution is 2.34. The molecule has 5 nitrogen and oxygen atoms in total. The molecule has 0 unspecified atom stereocenters. The number of anilines is 1. The van der Waals surface area contributed by atoms with Crippen LogP contribution in [0.15, 0.2) is 58.3 Å². The minimum Gasteiger partial charge on any atom is -0.311 e. The van der Waals surface area contributed by atoms with Gasteiger partial charge in [-0.1, -0.05) is 37.1 Å². The lowest BCUT2D eigenvalue weighted by molar-refractivity contribution is -0.118. The number of carbonyl (C=O) groups is 1. The maximum Gasteiger partial charge on any atom is 0.243 e. The zero-order valence-electron chi connectivity index (χ0n) is 17.8. The smallest absolute Gasteiger partial charge is 0.243 e. The molecule has 1 fully saturated rings. The molecule has 4 rings (SSSR count). The van der Waals surface area contributed by atoms with Crippen LogP contribution in [0.4, 0.5) is 5.69 Å². The predicted octanol–water partition coefficient (Wildman–Crippen LogP) is 4.71. The number of sulfonamides is 1. The number of thioether (sulfide) groups is 1. The van der Waals surface area contributed by atoms with Crippen LogP contribution in [0.2, 0.25) is 0 Å². The fraction of sp³-hybridized carbons (Fsp3) is 0.458. The Hall–Kier alpha value is -1.83. The second-order valence-corrected chi connectivity index (χ2v) is 11.3. The summed E-state index contributed by atoms with van der Waals surface area (Å²) in [6, 6.07) is 15.2. The highest BCUT2D eigenvalue weighted by Gasteiger charge is 2.25. The molecule has 31 heavy (non-hydrogen) atoms. The Morgan fingerprint density at radius 1 is 0.871 bits per heavy atom. The van der Waals surface area contributed by atoms with Crippen LogP contribution in [0.25, 0.3) is 0 Å². The Kier molecular flexibility index (Phi) is 7.35. The molecule has 2 heterocycles. The van der Waals surface area contributed by atoms with Crippen LogP contribution in [0.3, 0.4) is 0 Å². The summed E-state index contributed by atoms with van der Waals surface area (Å²) in [5.74, 6) is 1.14. The number of carbonyl (C=O) groups excluding carboxylic acids is 1. The Labute approximate surface area is 189 Å². The van der Waals surface area contributed by atoms with E-state index in [0.717, 1.165) is 60.5 Å². The quantitative estimate of drug-likeness (QED) is 0.651. The number of amides is 1. The lowest BCUT2D eigenvalue weighted by Gasteiger charge is -2.22. The maximum absolute atomic E-state index is 13.0. The van der Waals surface area contributed by atoms with Gasteiger partial charge in [-0.25, -0.2) is 8.42 Å². The maximum atomic E-state index is 13.0. The summed E-state index contributed by atoms with van der Waals surface area (Å²) in [4.78, 5) is 16.4. The van der Waals surface area contributed by atoms with Crippen molar-refractivity contribution in [2.45, 2.75) is 54.7 Å². The Morgan fingerprint density at radius 3 is 2.32 bits per heavy atom. The Balaban J connectivity index is 1.40. The van der Waals surface area contributed by atoms with E-state index in [0.29, 0.717) is 30.8 Å². The van der Waals surface area contributed by atoms with E-state index in [2.05, 4.69) is 6.07 Å². The van der Waals surface area contributed by atoms with Crippen molar-refractivity contribution < 1.29 is 13.2 Å². The third-order valence-corrected chi connectivity index (χ3v) is 9.06. The van der Waals surface area contributed by atoms with Gasteiger partial charge in [0.1, 0.15) is 0 Å². The first kappa shape index (κ1) is 22.4. The van der Waals surface area contributed by atoms with Gasteiger partial charge in [-0.2, -0.15) is 4.31 Å². The van der Waals surface area contributed by atoms with E-state index in [9.17, 15) is 13.2 Å². The van der Waals surface area contributed by atoms with Gasteiger partial charge in [0.25, 0.3) is 0 Å². The summed E-state index contributed by atoms with van der Waals surface area (Å²) in [5, 5.41) is 0. The van der Waals surface area contributed by atoms with Crippen molar-refractivity contribution in [3.63, 3.8) is 0 Å². The zero-order valence-corrected chi connectivity index (χ0v) is 19.5. The van der Waals surface area contributed by atoms with E-state index in [1.165, 1.54) is 0 Å². The van der Waals surface area contributed by atoms with Crippen LogP contribution in [0.1, 0.15) is 44.1 Å². The van der Waals surface area contributed by atoms with E-state index < -0.39 is 10.0 Å². The first-order valence-corrected chi connectivity index (χ1v) is 13.6. The van der Waals surface area contributed by atoms with Crippen molar-refractivity contribution in [2.75, 3.05) is 30.3 Å². The first-order valence-electron chi connectivity index (χ1n) is 11.2. The Bertz CT molecular complexity index is 998. The molecule has 0 aromatic heterocycles. The van der Waals surface area contributed by atoms with Crippen molar-refractivity contribution in [1.29, 1.82) is 0 Å². The molecule has 0 N–H and O–H groups in total. The van der Waals surface area contributed by atoms with E-state index in [1.54, 1.807) is 16.4 Å². The molecule has 0 spiro atoms. The number of aryl methyl sites for hydroxylation is 1. The van der Waals surface area contributed by atoms with Gasteiger partial charge in [0, 0.05) is 31.0 Å². The largest absolute Gasteiger partial charge is 0.311 e. The molecule has 2 aliphatic heterocycles. The monoisotopic (exact) mass is 458 g/mol. The molecular formula is C24H30N2O3S2. The third-order valence-electron chi connectivity index (χ3n) is 5.99. The molecule has 1 amide bonds. The SMILES string of the molecule is O=C(CCc1ccc(S(=O)(=O)N2CCCCCC2)cc1)N1CCCSc2ccccc21. The highest BCUT2D eigenvalue weighted by molar-refractivity contribution is 7.99. The van der Waals surface area contributed by atoms with Crippen molar-refractivity contribution in [3.05, 3.63) is 54.1 Å². The van der Waals surface area contributed by atoms with Crippen molar-refractivity contribution in [2.24, 2.45) is 0 Å². The van der Waals surface area contributed by atoms with Crippen LogP contribution in [-0.2, 0) is 21.2 Å². The molecule has 1 saturated heterocycles. The summed E-state index contributed by atoms with van der Waals surface area (Å²) in [5.41, 5.74) is 1.99. The van der Waals surface area contributed by atoms with E-state index in [1.807, 2.05) is 47.0 Å². The summed E-state index contributed by atoms with van der Waals surface area (Å²) in [6.45, 7) is 1.96. The number of benzene rings is 2. The summed E-state index contributed by atoms with van der Waals surface area (Å²) < 4.78 is 27.5. The van der Waals surface area contributed by atoms with Crippen molar-refractivity contribution in [3.8, 4) is 0 Å². The average molecular weight is 459 g/mol. The molecule has 166 valence electrons. The van der Waals surface area contributed by atoms with Crippen molar-refractivity contribution >= 4 is 33.4 Å². The molecule has 2 aromatic carbocycles. The standard InChI is InChI=1S/C24H30N2O3S2/c27-24(26-18-7-19-30-23-9-4-3-8-22(23)26)15-12-20-10-13-21(14-11-20)31(28,29)25-16-5-1-2-6-17-25/h3-4,8-11,13-14H,1-2,5-7,12,15-19H2. The molecule has 0 aliphatic carbocycles. The average Bonchev–Trinajstić information content (AvgIpc) is 3.19. The highest BCUT2D eigenvalue weighted by atomic mass is 32.2. The van der Waals surface area contributed by atoms with Crippen LogP contribution in [0.5, 0.6) is 0 Å². The number of nitrogens with zero attached hydrogens (tertiary/aromatic N) is 2. The number of hydrogen-bond donors (Lipinski definition) is 0. The minimum atomic E-state index is -3.43. The van der Waals surface area contributed by atoms with Crippen molar-refractivity contribution in [1.82, 2.24) is 4.31 Å². The van der Waals surface area contributed by atoms with Gasteiger partial charge in [0.2, 0.25) is 15.9 Å². The van der Waals surface area contributed by atoms with Crippen LogP contribution in [0, 0.1) is 0 Å². The second-order valence-electron chi connectivity index (χ2n) is 8.18. The van der Waals surface area contributed by atoms with E-state index >= 15 is 0 Å². The number of hydrogen-bond acceptors (Lipinski definition) is 4. The summed E-state index contributed by atoms with van der Waals surface area (Å²) in [7, 11) is -3.43. The summed E-state index contributed by atoms with van der Waals surface area (Å²) >= 11 is 1.81. The fourth-order valence-corrected chi connectivity index (χ4v) is 6.74. The first-order chi connectivity index (χ1) is 15.1. The lowest BCUT2D eigenvalue weighted by atomic mass is 10.1. The number of para-hydroxylation sites is 1. The van der Waals surface area contributed by atoms with Crippen LogP contribution in [-0.4, -0.2) is 44.0 Å². The van der Waals surface area contributed by atoms with Crippen LogP contribution < -0.4 is 4.90 Å². The molecule has 0 atom stereocenters. The van der Waals surface area contributed by atoms with E-state index in [4.69, 9.17) is 0 Å². The molecule has 0 radical (unpaired) electrons. The van der Waals surface area contributed by atoms with Gasteiger partial charge in [-0.15, -0.1) is 11.8 Å². The zero-order chi connectivity index (χ0) is 21.7. The van der Waals surface area contributed by atoms with Crippen LogP contribution >= 0.6 is 11.8 Å². The molecule has 0 saturated carbocycles. The number of rotatable bonds is 5. The topological polar surface area (TPSA) is 57.7 Å². The molecule has 2 aliphatic rings. The van der Waals surface area contributed by atoms with Gasteiger partial charge in [-0.05, 0) is 61.3 Å². The Morgan fingerprint density at radius 2 is 1.58 bits per heavy atom. The fourth-order valence-electron chi connectivity index (χ4n) is 4.23. The molecule has 0 bridgehead atoms. The minimum absolute atomic E-state index is 0.121. The van der Waals surface area contributed by atoms with Gasteiger partial charge < -0.3 is 4.90 Å². The molecule has 2 aromatic rings. The second kappa shape index (κ2) is 10.2. The molecule has 7 heteroatoms. The van der Waals surface area contributed by atoms with Gasteiger partial charge in [0.15, 0.2) is 0 Å². The van der Waals surface area contributed by atoms with Gasteiger partial charge >= 0.3 is 0 Å². The normalized spacial score (nSPS) is 18.1. The van der Waals surface area contributed by atoms with Gasteiger partial charge in [0.05, 0.1) is 10.6 Å². The van der Waals surface area contributed by atoms with E-state index in [-0.39, 0.29) is 5.91 Å². The summed E-state index contributed by atoms with van der Waals surface area (Å²) in [6.07, 6.45) is 6.05. The molecular weight excluding hydrogens is 428 g/mol. The lowest BCUT2D eigenvalue weighted by Crippen LogP contribution is -2.32. The third kappa shape index (κ3) is 5.33.